The SMILES string of the molecule is CO[C@]12CCC[C@H](CC1)N2C=O. The van der Waals surface area contributed by atoms with Crippen molar-refractivity contribution in [1.82, 2.24) is 4.90 Å². The third-order valence-corrected chi connectivity index (χ3v) is 3.33. The van der Waals surface area contributed by atoms with Gasteiger partial charge in [0.05, 0.1) is 0 Å². The van der Waals surface area contributed by atoms with Crippen molar-refractivity contribution < 1.29 is 9.53 Å². The van der Waals surface area contributed by atoms with Gasteiger partial charge in [-0.2, -0.15) is 0 Å². The second-order valence-corrected chi connectivity index (χ2v) is 3.75. The minimum absolute atomic E-state index is 0.231. The molecule has 12 heavy (non-hydrogen) atoms. The van der Waals surface area contributed by atoms with Crippen LogP contribution in [0.25, 0.3) is 0 Å². The monoisotopic (exact) mass is 169 g/mol. The van der Waals surface area contributed by atoms with Gasteiger partial charge in [0.1, 0.15) is 5.72 Å². The van der Waals surface area contributed by atoms with Crippen molar-refractivity contribution in [2.75, 3.05) is 7.11 Å². The van der Waals surface area contributed by atoms with Crippen LogP contribution in [0.5, 0.6) is 0 Å². The van der Waals surface area contributed by atoms with E-state index in [9.17, 15) is 4.79 Å². The fraction of sp³-hybridized carbons (Fsp3) is 0.889. The van der Waals surface area contributed by atoms with Gasteiger partial charge < -0.3 is 9.64 Å². The summed E-state index contributed by atoms with van der Waals surface area (Å²) >= 11 is 0. The summed E-state index contributed by atoms with van der Waals surface area (Å²) in [5, 5.41) is 0. The standard InChI is InChI=1S/C9H15NO2/c1-12-9-5-2-3-8(4-6-9)10(9)7-11/h7-8H,2-6H2,1H3/t8-,9-/m1/s1. The molecule has 0 spiro atoms. The van der Waals surface area contributed by atoms with Crippen molar-refractivity contribution >= 4 is 6.41 Å². The predicted octanol–water partition coefficient (Wildman–Crippen LogP) is 1.13. The number of hydrogen-bond acceptors (Lipinski definition) is 2. The number of rotatable bonds is 2. The third-order valence-electron chi connectivity index (χ3n) is 3.33. The molecule has 0 unspecified atom stereocenters. The van der Waals surface area contributed by atoms with Gasteiger partial charge in [0, 0.05) is 13.2 Å². The van der Waals surface area contributed by atoms with E-state index in [1.54, 1.807) is 7.11 Å². The van der Waals surface area contributed by atoms with Gasteiger partial charge in [-0.1, -0.05) is 0 Å². The predicted molar refractivity (Wildman–Crippen MR) is 44.5 cm³/mol. The normalized spacial score (nSPS) is 40.1. The molecule has 0 aromatic rings. The largest absolute Gasteiger partial charge is 0.359 e. The van der Waals surface area contributed by atoms with Crippen molar-refractivity contribution in [2.24, 2.45) is 0 Å². The highest BCUT2D eigenvalue weighted by Gasteiger charge is 2.48. The Morgan fingerprint density at radius 2 is 2.33 bits per heavy atom. The van der Waals surface area contributed by atoms with Gasteiger partial charge in [-0.25, -0.2) is 0 Å². The van der Waals surface area contributed by atoms with Crippen LogP contribution in [0.3, 0.4) is 0 Å². The fourth-order valence-corrected chi connectivity index (χ4v) is 2.64. The summed E-state index contributed by atoms with van der Waals surface area (Å²) in [7, 11) is 1.71. The van der Waals surface area contributed by atoms with Crippen LogP contribution in [0.4, 0.5) is 0 Å². The number of ether oxygens (including phenoxy) is 1. The molecule has 2 aliphatic heterocycles. The lowest BCUT2D eigenvalue weighted by Gasteiger charge is -2.41. The number of carbonyl (C=O) groups excluding carboxylic acids is 1. The first-order valence-corrected chi connectivity index (χ1v) is 4.61. The zero-order valence-corrected chi connectivity index (χ0v) is 7.45. The minimum atomic E-state index is -0.231. The Hall–Kier alpha value is -0.570. The average molecular weight is 169 g/mol. The third kappa shape index (κ3) is 0.891. The number of fused-ring (bicyclic) bond motifs is 2. The van der Waals surface area contributed by atoms with Crippen LogP contribution in [0.2, 0.25) is 0 Å². The van der Waals surface area contributed by atoms with Crippen LogP contribution in [0, 0.1) is 0 Å². The van der Waals surface area contributed by atoms with Gasteiger partial charge in [0.2, 0.25) is 6.41 Å². The summed E-state index contributed by atoms with van der Waals surface area (Å²) in [5.41, 5.74) is -0.231. The van der Waals surface area contributed by atoms with E-state index in [0.717, 1.165) is 32.1 Å². The number of nitrogens with zero attached hydrogens (tertiary/aromatic N) is 1. The summed E-state index contributed by atoms with van der Waals surface area (Å²) in [6, 6.07) is 0.455. The zero-order chi connectivity index (χ0) is 8.60. The zero-order valence-electron chi connectivity index (χ0n) is 7.45. The summed E-state index contributed by atoms with van der Waals surface area (Å²) < 4.78 is 5.47. The summed E-state index contributed by atoms with van der Waals surface area (Å²) in [6.07, 6.45) is 6.46. The smallest absolute Gasteiger partial charge is 0.212 e. The van der Waals surface area contributed by atoms with Crippen LogP contribution >= 0.6 is 0 Å². The van der Waals surface area contributed by atoms with Crippen molar-refractivity contribution in [3.8, 4) is 0 Å². The molecule has 0 aromatic heterocycles. The quantitative estimate of drug-likeness (QED) is 0.580. The molecule has 0 N–H and O–H groups in total. The van der Waals surface area contributed by atoms with Crippen LogP contribution in [0.1, 0.15) is 32.1 Å². The van der Waals surface area contributed by atoms with E-state index in [1.807, 2.05) is 4.90 Å². The summed E-state index contributed by atoms with van der Waals surface area (Å²) in [6.45, 7) is 0. The molecule has 2 saturated heterocycles. The molecule has 68 valence electrons. The molecule has 2 atom stereocenters. The van der Waals surface area contributed by atoms with E-state index in [-0.39, 0.29) is 5.72 Å². The van der Waals surface area contributed by atoms with E-state index in [4.69, 9.17) is 4.74 Å². The Bertz CT molecular complexity index is 191. The lowest BCUT2D eigenvalue weighted by molar-refractivity contribution is -0.160. The number of methoxy groups -OCH3 is 1. The van der Waals surface area contributed by atoms with Crippen LogP contribution < -0.4 is 0 Å². The van der Waals surface area contributed by atoms with E-state index in [1.165, 1.54) is 6.42 Å². The van der Waals surface area contributed by atoms with Gasteiger partial charge in [0.25, 0.3) is 0 Å². The highest BCUT2D eigenvalue weighted by atomic mass is 16.5. The molecule has 1 amide bonds. The first-order chi connectivity index (χ1) is 5.82. The maximum Gasteiger partial charge on any atom is 0.212 e. The molecule has 2 heterocycles. The van der Waals surface area contributed by atoms with Crippen LogP contribution in [0.15, 0.2) is 0 Å². The van der Waals surface area contributed by atoms with E-state index >= 15 is 0 Å². The summed E-state index contributed by atoms with van der Waals surface area (Å²) in [5.74, 6) is 0. The molecule has 2 aliphatic rings. The van der Waals surface area contributed by atoms with E-state index in [0.29, 0.717) is 6.04 Å². The maximum atomic E-state index is 10.8. The molecule has 3 heteroatoms. The summed E-state index contributed by atoms with van der Waals surface area (Å²) in [4.78, 5) is 12.7. The second-order valence-electron chi connectivity index (χ2n) is 3.75. The van der Waals surface area contributed by atoms with Crippen molar-refractivity contribution in [3.05, 3.63) is 0 Å². The van der Waals surface area contributed by atoms with Gasteiger partial charge in [0.15, 0.2) is 0 Å². The van der Waals surface area contributed by atoms with Crippen LogP contribution in [-0.2, 0) is 9.53 Å². The molecule has 0 saturated carbocycles. The van der Waals surface area contributed by atoms with E-state index in [2.05, 4.69) is 0 Å². The molecular weight excluding hydrogens is 154 g/mol. The van der Waals surface area contributed by atoms with Gasteiger partial charge in [-0.15, -0.1) is 0 Å². The minimum Gasteiger partial charge on any atom is -0.359 e. The Morgan fingerprint density at radius 1 is 1.50 bits per heavy atom. The van der Waals surface area contributed by atoms with Crippen LogP contribution in [-0.4, -0.2) is 30.2 Å². The second kappa shape index (κ2) is 2.73. The van der Waals surface area contributed by atoms with Crippen molar-refractivity contribution in [1.29, 1.82) is 0 Å². The molecule has 2 fully saturated rings. The number of hydrogen-bond donors (Lipinski definition) is 0. The first kappa shape index (κ1) is 8.05. The number of carbonyl (C=O) groups is 1. The van der Waals surface area contributed by atoms with Crippen molar-refractivity contribution in [3.63, 3.8) is 0 Å². The first-order valence-electron chi connectivity index (χ1n) is 4.61. The highest BCUT2D eigenvalue weighted by Crippen LogP contribution is 2.43. The Kier molecular flexibility index (Phi) is 1.83. The van der Waals surface area contributed by atoms with Gasteiger partial charge in [-0.05, 0) is 32.1 Å². The molecule has 2 rings (SSSR count). The van der Waals surface area contributed by atoms with Gasteiger partial charge >= 0.3 is 0 Å². The van der Waals surface area contributed by atoms with Crippen molar-refractivity contribution in [2.45, 2.75) is 43.9 Å². The molecule has 0 aliphatic carbocycles. The Labute approximate surface area is 72.7 Å². The number of amides is 1. The highest BCUT2D eigenvalue weighted by molar-refractivity contribution is 5.50. The topological polar surface area (TPSA) is 29.5 Å². The molecule has 0 radical (unpaired) electrons. The maximum absolute atomic E-state index is 10.8. The fourth-order valence-electron chi connectivity index (χ4n) is 2.64. The van der Waals surface area contributed by atoms with Gasteiger partial charge in [-0.3, -0.25) is 4.79 Å². The molecule has 2 bridgehead atoms. The lowest BCUT2D eigenvalue weighted by Crippen LogP contribution is -2.50. The molecule has 3 nitrogen and oxygen atoms in total. The van der Waals surface area contributed by atoms with E-state index < -0.39 is 0 Å². The lowest BCUT2D eigenvalue weighted by atomic mass is 10.0. The molecule has 0 aromatic carbocycles. The average Bonchev–Trinajstić information content (AvgIpc) is 2.32. The Balaban J connectivity index is 2.24. The molecular formula is C9H15NO2. The Morgan fingerprint density at radius 3 is 2.92 bits per heavy atom. The number of piperidine rings is 1.